The molecule has 1 aromatic carbocycles. The van der Waals surface area contributed by atoms with Crippen molar-refractivity contribution in [1.82, 2.24) is 9.71 Å². The predicted octanol–water partition coefficient (Wildman–Crippen LogP) is 4.38. The van der Waals surface area contributed by atoms with Crippen molar-refractivity contribution in [3.63, 3.8) is 0 Å². The number of benzene rings is 1. The van der Waals surface area contributed by atoms with Crippen molar-refractivity contribution in [2.24, 2.45) is 0 Å². The van der Waals surface area contributed by atoms with E-state index in [1.165, 1.54) is 24.3 Å². The molecule has 2 aromatic heterocycles. The number of hydrogen-bond donors (Lipinski definition) is 2. The Hall–Kier alpha value is -2.49. The highest BCUT2D eigenvalue weighted by molar-refractivity contribution is 7.89. The summed E-state index contributed by atoms with van der Waals surface area (Å²) in [6, 6.07) is 12.3. The molecule has 0 fully saturated rings. The second-order valence-corrected chi connectivity index (χ2v) is 9.44. The summed E-state index contributed by atoms with van der Waals surface area (Å²) in [4.78, 5) is 16.1. The summed E-state index contributed by atoms with van der Waals surface area (Å²) in [5.74, 6) is 0.153. The molecule has 3 aromatic rings. The summed E-state index contributed by atoms with van der Waals surface area (Å²) >= 11 is 1.22. The van der Waals surface area contributed by atoms with E-state index < -0.39 is 15.6 Å². The molecule has 2 heterocycles. The van der Waals surface area contributed by atoms with Crippen molar-refractivity contribution in [2.45, 2.75) is 38.3 Å². The lowest BCUT2D eigenvalue weighted by Gasteiger charge is -2.25. The highest BCUT2D eigenvalue weighted by Crippen LogP contribution is 2.35. The number of furan rings is 1. The molecular formula is C19H25N3O4S2. The second-order valence-electron chi connectivity index (χ2n) is 6.83. The third-order valence-electron chi connectivity index (χ3n) is 4.03. The Kier molecular flexibility index (Phi) is 5.42. The lowest BCUT2D eigenvalue weighted by molar-refractivity contribution is -0.114. The number of rotatable bonds is 6. The lowest BCUT2D eigenvalue weighted by Crippen LogP contribution is -2.40. The molecule has 0 aliphatic rings. The van der Waals surface area contributed by atoms with Gasteiger partial charge in [-0.05, 0) is 38.5 Å². The first-order valence-corrected chi connectivity index (χ1v) is 10.8. The van der Waals surface area contributed by atoms with E-state index in [2.05, 4.69) is 15.0 Å². The number of aromatic nitrogens is 1. The van der Waals surface area contributed by atoms with E-state index >= 15 is 0 Å². The molecule has 0 spiro atoms. The maximum Gasteiger partial charge on any atom is 0.274 e. The number of nitrogens with zero attached hydrogens (tertiary/aromatic N) is 1. The molecule has 152 valence electrons. The maximum atomic E-state index is 12.8. The van der Waals surface area contributed by atoms with Crippen LogP contribution in [0.3, 0.4) is 0 Å². The van der Waals surface area contributed by atoms with E-state index in [1.54, 1.807) is 26.8 Å². The number of sulfonamides is 1. The summed E-state index contributed by atoms with van der Waals surface area (Å²) in [7, 11) is -3.88. The molecule has 3 rings (SSSR count). The number of amides is 1. The number of aryl methyl sites for hydroxylation is 1. The van der Waals surface area contributed by atoms with Gasteiger partial charge in [-0.3, -0.25) is 4.79 Å². The topological polar surface area (TPSA) is 101 Å². The Bertz CT molecular complexity index is 1110. The van der Waals surface area contributed by atoms with Crippen LogP contribution in [0.4, 0.5) is 5.13 Å². The molecule has 7 nitrogen and oxygen atoms in total. The minimum atomic E-state index is -3.88. The largest absolute Gasteiger partial charge is 0.442 e. The van der Waals surface area contributed by atoms with Crippen molar-refractivity contribution < 1.29 is 20.5 Å². The monoisotopic (exact) mass is 423 g/mol. The molecule has 0 saturated carbocycles. The van der Waals surface area contributed by atoms with E-state index in [-0.39, 0.29) is 13.9 Å². The van der Waals surface area contributed by atoms with Crippen LogP contribution in [-0.2, 0) is 20.4 Å². The Morgan fingerprint density at radius 1 is 1.18 bits per heavy atom. The number of carbonyl (C=O) groups is 1. The normalized spacial score (nSPS) is 12.1. The molecule has 28 heavy (non-hydrogen) atoms. The zero-order valence-electron chi connectivity index (χ0n) is 15.9. The Morgan fingerprint density at radius 3 is 2.50 bits per heavy atom. The lowest BCUT2D eigenvalue weighted by atomic mass is 9.96. The van der Waals surface area contributed by atoms with Crippen molar-refractivity contribution >= 4 is 32.4 Å². The van der Waals surface area contributed by atoms with Crippen LogP contribution in [-0.4, -0.2) is 19.3 Å². The van der Waals surface area contributed by atoms with E-state index in [0.29, 0.717) is 21.5 Å². The van der Waals surface area contributed by atoms with Gasteiger partial charge in [-0.25, -0.2) is 13.4 Å². The van der Waals surface area contributed by atoms with Gasteiger partial charge in [0.15, 0.2) is 5.13 Å². The highest BCUT2D eigenvalue weighted by Gasteiger charge is 2.30. The smallest absolute Gasteiger partial charge is 0.274 e. The summed E-state index contributed by atoms with van der Waals surface area (Å²) in [5, 5.41) is 2.87. The summed E-state index contributed by atoms with van der Waals surface area (Å²) in [6.07, 6.45) is 0. The van der Waals surface area contributed by atoms with Gasteiger partial charge in [-0.2, -0.15) is 4.72 Å². The van der Waals surface area contributed by atoms with Gasteiger partial charge in [0, 0.05) is 9.78 Å². The van der Waals surface area contributed by atoms with E-state index in [9.17, 15) is 13.2 Å². The fourth-order valence-corrected chi connectivity index (χ4v) is 5.03. The van der Waals surface area contributed by atoms with E-state index in [0.717, 1.165) is 5.56 Å². The van der Waals surface area contributed by atoms with Crippen LogP contribution in [0, 0.1) is 6.92 Å². The average Bonchev–Trinajstić information content (AvgIpc) is 3.21. The van der Waals surface area contributed by atoms with Crippen LogP contribution >= 0.6 is 11.3 Å². The van der Waals surface area contributed by atoms with Gasteiger partial charge in [-0.1, -0.05) is 41.7 Å². The fourth-order valence-electron chi connectivity index (χ4n) is 2.72. The molecule has 9 heteroatoms. The SMILES string of the molecule is CC(=O)Nc1nc(C)c(-c2ccc(S(=O)(=O)NC(C)(C)c3ccccc3)o2)s1.[HH].[HH]. The first-order valence-electron chi connectivity index (χ1n) is 8.53. The third kappa shape index (κ3) is 4.32. The third-order valence-corrected chi connectivity index (χ3v) is 6.65. The number of anilines is 1. The van der Waals surface area contributed by atoms with E-state index in [1.807, 2.05) is 30.3 Å². The van der Waals surface area contributed by atoms with Gasteiger partial charge in [-0.15, -0.1) is 0 Å². The number of hydrogen-bond acceptors (Lipinski definition) is 6. The van der Waals surface area contributed by atoms with Crippen LogP contribution in [0.2, 0.25) is 0 Å². The van der Waals surface area contributed by atoms with Crippen molar-refractivity contribution in [3.8, 4) is 10.6 Å². The van der Waals surface area contributed by atoms with Crippen molar-refractivity contribution in [1.29, 1.82) is 0 Å². The van der Waals surface area contributed by atoms with Crippen molar-refractivity contribution in [2.75, 3.05) is 5.32 Å². The van der Waals surface area contributed by atoms with Crippen LogP contribution in [0.5, 0.6) is 0 Å². The first kappa shape index (κ1) is 20.2. The quantitative estimate of drug-likeness (QED) is 0.613. The van der Waals surface area contributed by atoms with Crippen LogP contribution < -0.4 is 10.0 Å². The fraction of sp³-hybridized carbons (Fsp3) is 0.263. The summed E-state index contributed by atoms with van der Waals surface area (Å²) in [5.41, 5.74) is 0.666. The van der Waals surface area contributed by atoms with Gasteiger partial charge >= 0.3 is 0 Å². The molecule has 0 aliphatic carbocycles. The summed E-state index contributed by atoms with van der Waals surface area (Å²) < 4.78 is 34.0. The zero-order chi connectivity index (χ0) is 20.5. The Morgan fingerprint density at radius 2 is 1.86 bits per heavy atom. The molecule has 2 N–H and O–H groups in total. The van der Waals surface area contributed by atoms with E-state index in [4.69, 9.17) is 4.42 Å². The van der Waals surface area contributed by atoms with Crippen LogP contribution in [0.1, 0.15) is 34.9 Å². The summed E-state index contributed by atoms with van der Waals surface area (Å²) in [6.45, 7) is 6.74. The van der Waals surface area contributed by atoms with Gasteiger partial charge in [0.05, 0.1) is 16.1 Å². The van der Waals surface area contributed by atoms with Crippen molar-refractivity contribution in [3.05, 3.63) is 53.7 Å². The molecular weight excluding hydrogens is 398 g/mol. The van der Waals surface area contributed by atoms with Gasteiger partial charge in [0.2, 0.25) is 11.0 Å². The molecule has 1 amide bonds. The first-order chi connectivity index (χ1) is 13.1. The zero-order valence-corrected chi connectivity index (χ0v) is 17.6. The molecule has 0 radical (unpaired) electrons. The molecule has 0 aliphatic heterocycles. The van der Waals surface area contributed by atoms with Crippen LogP contribution in [0.15, 0.2) is 52.0 Å². The predicted molar refractivity (Wildman–Crippen MR) is 113 cm³/mol. The molecule has 0 saturated heterocycles. The van der Waals surface area contributed by atoms with Gasteiger partial charge < -0.3 is 9.73 Å². The maximum absolute atomic E-state index is 12.8. The minimum Gasteiger partial charge on any atom is -0.442 e. The average molecular weight is 424 g/mol. The second kappa shape index (κ2) is 7.50. The van der Waals surface area contributed by atoms with Gasteiger partial charge in [0.1, 0.15) is 5.76 Å². The number of thiazole rings is 1. The molecule has 0 unspecified atom stereocenters. The standard InChI is InChI=1S/C19H21N3O4S2.2H2/c1-12-17(27-18(20-12)21-13(2)23)15-10-11-16(26-15)28(24,25)22-19(3,4)14-8-6-5-7-9-14;;/h5-11,22H,1-4H3,(H,20,21,23);2*1H. The molecule has 0 atom stereocenters. The Balaban J connectivity index is 0.00000225. The Labute approximate surface area is 170 Å². The molecule has 0 bridgehead atoms. The van der Waals surface area contributed by atoms with Gasteiger partial charge in [0.25, 0.3) is 10.0 Å². The minimum absolute atomic E-state index is 0. The van der Waals surface area contributed by atoms with Crippen LogP contribution in [0.25, 0.3) is 10.6 Å². The number of carbonyl (C=O) groups excluding carboxylic acids is 1. The number of nitrogens with one attached hydrogen (secondary N) is 2. The highest BCUT2D eigenvalue weighted by atomic mass is 32.2.